The van der Waals surface area contributed by atoms with Gasteiger partial charge < -0.3 is 5.32 Å². The van der Waals surface area contributed by atoms with Gasteiger partial charge in [-0.05, 0) is 35.4 Å². The fraction of sp³-hybridized carbons (Fsp3) is 0.105. The number of benzene rings is 3. The van der Waals surface area contributed by atoms with Gasteiger partial charge in [0.2, 0.25) is 5.91 Å². The molecule has 0 bridgehead atoms. The van der Waals surface area contributed by atoms with Gasteiger partial charge in [-0.3, -0.25) is 4.79 Å². The Balaban J connectivity index is 1.69. The molecule has 3 rings (SSSR count). The van der Waals surface area contributed by atoms with Crippen molar-refractivity contribution in [1.29, 1.82) is 0 Å². The number of rotatable bonds is 4. The monoisotopic (exact) mass is 307 g/mol. The maximum atomic E-state index is 12.1. The number of aryl methyl sites for hydroxylation is 1. The number of thioether (sulfide) groups is 1. The molecule has 0 saturated heterocycles. The number of para-hydroxylation sites is 1. The van der Waals surface area contributed by atoms with E-state index in [4.69, 9.17) is 0 Å². The van der Waals surface area contributed by atoms with Crippen molar-refractivity contribution in [2.24, 2.45) is 0 Å². The molecule has 2 nitrogen and oxygen atoms in total. The van der Waals surface area contributed by atoms with Gasteiger partial charge in [0.05, 0.1) is 5.75 Å². The molecule has 0 heterocycles. The number of nitrogens with one attached hydrogen (secondary N) is 1. The molecule has 1 N–H and O–H groups in total. The highest BCUT2D eigenvalue weighted by atomic mass is 32.2. The normalized spacial score (nSPS) is 10.6. The largest absolute Gasteiger partial charge is 0.325 e. The third kappa shape index (κ3) is 3.31. The van der Waals surface area contributed by atoms with Gasteiger partial charge in [-0.1, -0.05) is 54.6 Å². The highest BCUT2D eigenvalue weighted by Gasteiger charge is 2.07. The van der Waals surface area contributed by atoms with Crippen LogP contribution in [0.5, 0.6) is 0 Å². The minimum absolute atomic E-state index is 0.0206. The van der Waals surface area contributed by atoms with E-state index in [9.17, 15) is 4.79 Å². The Morgan fingerprint density at radius 2 is 1.68 bits per heavy atom. The van der Waals surface area contributed by atoms with Crippen molar-refractivity contribution in [3.05, 3.63) is 72.3 Å². The summed E-state index contributed by atoms with van der Waals surface area (Å²) in [7, 11) is 0. The summed E-state index contributed by atoms with van der Waals surface area (Å²) in [6.45, 7) is 1.99. The van der Waals surface area contributed by atoms with Gasteiger partial charge in [0.15, 0.2) is 0 Å². The van der Waals surface area contributed by atoms with Crippen LogP contribution in [-0.2, 0) is 4.79 Å². The van der Waals surface area contributed by atoms with Gasteiger partial charge in [0.1, 0.15) is 0 Å². The van der Waals surface area contributed by atoms with Crippen molar-refractivity contribution in [2.75, 3.05) is 11.1 Å². The van der Waals surface area contributed by atoms with Crippen LogP contribution in [0.15, 0.2) is 71.6 Å². The van der Waals surface area contributed by atoms with Crippen LogP contribution in [0.3, 0.4) is 0 Å². The molecule has 0 aliphatic rings. The Bertz CT molecular complexity index is 808. The van der Waals surface area contributed by atoms with E-state index in [1.54, 1.807) is 11.8 Å². The van der Waals surface area contributed by atoms with E-state index in [1.165, 1.54) is 10.8 Å². The fourth-order valence-corrected chi connectivity index (χ4v) is 3.24. The quantitative estimate of drug-likeness (QED) is 0.696. The minimum atomic E-state index is 0.0206. The first-order valence-electron chi connectivity index (χ1n) is 7.20. The third-order valence-corrected chi connectivity index (χ3v) is 4.60. The highest BCUT2D eigenvalue weighted by Crippen LogP contribution is 2.27. The lowest BCUT2D eigenvalue weighted by atomic mass is 10.1. The number of amides is 1. The summed E-state index contributed by atoms with van der Waals surface area (Å²) >= 11 is 1.57. The minimum Gasteiger partial charge on any atom is -0.325 e. The average molecular weight is 307 g/mol. The van der Waals surface area contributed by atoms with E-state index >= 15 is 0 Å². The van der Waals surface area contributed by atoms with Gasteiger partial charge in [-0.2, -0.15) is 0 Å². The smallest absolute Gasteiger partial charge is 0.234 e. The summed E-state index contributed by atoms with van der Waals surface area (Å²) in [5.74, 6) is 0.426. The number of anilines is 1. The van der Waals surface area contributed by atoms with E-state index in [0.29, 0.717) is 5.75 Å². The molecular weight excluding hydrogens is 290 g/mol. The van der Waals surface area contributed by atoms with Gasteiger partial charge >= 0.3 is 0 Å². The second kappa shape index (κ2) is 6.67. The molecule has 0 spiro atoms. The van der Waals surface area contributed by atoms with Crippen LogP contribution in [0.2, 0.25) is 0 Å². The standard InChI is InChI=1S/C19H17NOS/c1-14-7-2-5-11-17(14)20-19(21)13-22-18-12-6-9-15-8-3-4-10-16(15)18/h2-12H,13H2,1H3,(H,20,21). The average Bonchev–Trinajstić information content (AvgIpc) is 2.55. The molecule has 0 radical (unpaired) electrons. The molecule has 3 aromatic rings. The summed E-state index contributed by atoms with van der Waals surface area (Å²) in [6.07, 6.45) is 0. The lowest BCUT2D eigenvalue weighted by molar-refractivity contribution is -0.113. The molecule has 1 amide bonds. The zero-order valence-electron chi connectivity index (χ0n) is 12.4. The number of carbonyl (C=O) groups is 1. The fourth-order valence-electron chi connectivity index (χ4n) is 2.36. The number of hydrogen-bond donors (Lipinski definition) is 1. The van der Waals surface area contributed by atoms with Crippen molar-refractivity contribution in [2.45, 2.75) is 11.8 Å². The van der Waals surface area contributed by atoms with Crippen LogP contribution in [0.1, 0.15) is 5.56 Å². The first kappa shape index (κ1) is 14.7. The van der Waals surface area contributed by atoms with Crippen LogP contribution < -0.4 is 5.32 Å². The topological polar surface area (TPSA) is 29.1 Å². The Morgan fingerprint density at radius 3 is 2.55 bits per heavy atom. The van der Waals surface area contributed by atoms with E-state index in [1.807, 2.05) is 49.4 Å². The predicted molar refractivity (Wildman–Crippen MR) is 94.5 cm³/mol. The van der Waals surface area contributed by atoms with Crippen molar-refractivity contribution in [3.63, 3.8) is 0 Å². The lowest BCUT2D eigenvalue weighted by Gasteiger charge is -2.09. The first-order chi connectivity index (χ1) is 10.7. The number of hydrogen-bond acceptors (Lipinski definition) is 2. The zero-order valence-corrected chi connectivity index (χ0v) is 13.2. The molecule has 0 fully saturated rings. The third-order valence-electron chi connectivity index (χ3n) is 3.53. The zero-order chi connectivity index (χ0) is 15.4. The Kier molecular flexibility index (Phi) is 4.45. The molecule has 110 valence electrons. The lowest BCUT2D eigenvalue weighted by Crippen LogP contribution is -2.14. The summed E-state index contributed by atoms with van der Waals surface area (Å²) in [4.78, 5) is 13.3. The van der Waals surface area contributed by atoms with Crippen LogP contribution in [0, 0.1) is 6.92 Å². The van der Waals surface area contributed by atoms with Crippen molar-refractivity contribution < 1.29 is 4.79 Å². The summed E-state index contributed by atoms with van der Waals surface area (Å²) < 4.78 is 0. The highest BCUT2D eigenvalue weighted by molar-refractivity contribution is 8.00. The molecule has 0 atom stereocenters. The SMILES string of the molecule is Cc1ccccc1NC(=O)CSc1cccc2ccccc12. The van der Waals surface area contributed by atoms with Gasteiger partial charge in [-0.25, -0.2) is 0 Å². The van der Waals surface area contributed by atoms with Crippen LogP contribution in [-0.4, -0.2) is 11.7 Å². The number of carbonyl (C=O) groups excluding carboxylic acids is 1. The Hall–Kier alpha value is -2.26. The van der Waals surface area contributed by atoms with Crippen LogP contribution in [0.25, 0.3) is 10.8 Å². The van der Waals surface area contributed by atoms with E-state index in [2.05, 4.69) is 29.6 Å². The van der Waals surface area contributed by atoms with E-state index in [-0.39, 0.29) is 5.91 Å². The Morgan fingerprint density at radius 1 is 0.955 bits per heavy atom. The van der Waals surface area contributed by atoms with E-state index < -0.39 is 0 Å². The second-order valence-corrected chi connectivity index (χ2v) is 6.15. The predicted octanol–water partition coefficient (Wildman–Crippen LogP) is 4.88. The first-order valence-corrected chi connectivity index (χ1v) is 8.18. The van der Waals surface area contributed by atoms with Crippen LogP contribution >= 0.6 is 11.8 Å². The van der Waals surface area contributed by atoms with E-state index in [0.717, 1.165) is 16.1 Å². The molecule has 0 saturated carbocycles. The van der Waals surface area contributed by atoms with Crippen LogP contribution in [0.4, 0.5) is 5.69 Å². The second-order valence-electron chi connectivity index (χ2n) is 5.13. The summed E-state index contributed by atoms with van der Waals surface area (Å²) in [5, 5.41) is 5.36. The van der Waals surface area contributed by atoms with Gasteiger partial charge in [0, 0.05) is 10.6 Å². The molecular formula is C19H17NOS. The summed E-state index contributed by atoms with van der Waals surface area (Å²) in [6, 6.07) is 22.2. The van der Waals surface area contributed by atoms with Crippen molar-refractivity contribution in [1.82, 2.24) is 0 Å². The molecule has 0 unspecified atom stereocenters. The van der Waals surface area contributed by atoms with Crippen molar-refractivity contribution in [3.8, 4) is 0 Å². The molecule has 3 heteroatoms. The maximum Gasteiger partial charge on any atom is 0.234 e. The number of fused-ring (bicyclic) bond motifs is 1. The molecule has 22 heavy (non-hydrogen) atoms. The Labute approximate surface area is 134 Å². The molecule has 0 aromatic heterocycles. The van der Waals surface area contributed by atoms with Gasteiger partial charge in [0.25, 0.3) is 0 Å². The van der Waals surface area contributed by atoms with Crippen molar-refractivity contribution >= 4 is 34.1 Å². The summed E-state index contributed by atoms with van der Waals surface area (Å²) in [5.41, 5.74) is 1.96. The molecule has 0 aliphatic heterocycles. The molecule has 0 aliphatic carbocycles. The maximum absolute atomic E-state index is 12.1. The van der Waals surface area contributed by atoms with Gasteiger partial charge in [-0.15, -0.1) is 11.8 Å². The molecule has 3 aromatic carbocycles.